The van der Waals surface area contributed by atoms with Crippen LogP contribution in [0.2, 0.25) is 0 Å². The number of aromatic carboxylic acids is 1. The first-order valence-electron chi connectivity index (χ1n) is 5.42. The Morgan fingerprint density at radius 2 is 1.88 bits per heavy atom. The SMILES string of the molecule is CN(C(=O)c1cnc(C(=O)O)cn1)C1CCC1. The fourth-order valence-corrected chi connectivity index (χ4v) is 1.67. The zero-order valence-electron chi connectivity index (χ0n) is 9.46. The molecule has 0 radical (unpaired) electrons. The smallest absolute Gasteiger partial charge is 0.356 e. The molecule has 0 bridgehead atoms. The van der Waals surface area contributed by atoms with Crippen LogP contribution in [-0.2, 0) is 0 Å². The van der Waals surface area contributed by atoms with Gasteiger partial charge in [-0.05, 0) is 19.3 Å². The lowest BCUT2D eigenvalue weighted by atomic mass is 9.92. The summed E-state index contributed by atoms with van der Waals surface area (Å²) in [5.41, 5.74) is 0.0252. The first-order chi connectivity index (χ1) is 8.09. The molecule has 1 amide bonds. The molecule has 1 aromatic heterocycles. The van der Waals surface area contributed by atoms with E-state index in [1.54, 1.807) is 11.9 Å². The second-order valence-electron chi connectivity index (χ2n) is 4.09. The van der Waals surface area contributed by atoms with Crippen molar-refractivity contribution in [1.82, 2.24) is 14.9 Å². The number of carbonyl (C=O) groups excluding carboxylic acids is 1. The Morgan fingerprint density at radius 1 is 1.29 bits per heavy atom. The number of amides is 1. The third-order valence-corrected chi connectivity index (χ3v) is 3.03. The van der Waals surface area contributed by atoms with Gasteiger partial charge in [-0.2, -0.15) is 0 Å². The van der Waals surface area contributed by atoms with Gasteiger partial charge in [0.25, 0.3) is 5.91 Å². The second-order valence-corrected chi connectivity index (χ2v) is 4.09. The Kier molecular flexibility index (Phi) is 3.03. The highest BCUT2D eigenvalue weighted by Gasteiger charge is 2.27. The Labute approximate surface area is 98.3 Å². The molecule has 17 heavy (non-hydrogen) atoms. The molecule has 1 heterocycles. The molecule has 90 valence electrons. The van der Waals surface area contributed by atoms with Crippen LogP contribution in [0.25, 0.3) is 0 Å². The molecule has 1 aromatic rings. The van der Waals surface area contributed by atoms with Crippen molar-refractivity contribution >= 4 is 11.9 Å². The van der Waals surface area contributed by atoms with E-state index < -0.39 is 5.97 Å². The van der Waals surface area contributed by atoms with E-state index >= 15 is 0 Å². The lowest BCUT2D eigenvalue weighted by molar-refractivity contribution is 0.0640. The van der Waals surface area contributed by atoms with E-state index in [9.17, 15) is 9.59 Å². The Hall–Kier alpha value is -1.98. The minimum absolute atomic E-state index is 0.159. The quantitative estimate of drug-likeness (QED) is 0.837. The number of hydrogen-bond acceptors (Lipinski definition) is 4. The van der Waals surface area contributed by atoms with Crippen molar-refractivity contribution in [3.63, 3.8) is 0 Å². The summed E-state index contributed by atoms with van der Waals surface area (Å²) in [5.74, 6) is -1.36. The summed E-state index contributed by atoms with van der Waals surface area (Å²) in [7, 11) is 1.74. The average Bonchev–Trinajstić information content (AvgIpc) is 2.25. The summed E-state index contributed by atoms with van der Waals surface area (Å²) in [6.07, 6.45) is 5.49. The van der Waals surface area contributed by atoms with Crippen molar-refractivity contribution in [2.24, 2.45) is 0 Å². The molecule has 0 aliphatic heterocycles. The number of carboxylic acid groups (broad SMARTS) is 1. The summed E-state index contributed by atoms with van der Waals surface area (Å²) < 4.78 is 0. The van der Waals surface area contributed by atoms with Crippen LogP contribution in [0.3, 0.4) is 0 Å². The van der Waals surface area contributed by atoms with Crippen LogP contribution in [-0.4, -0.2) is 44.9 Å². The summed E-state index contributed by atoms with van der Waals surface area (Å²) in [4.78, 5) is 31.7. The monoisotopic (exact) mass is 235 g/mol. The van der Waals surface area contributed by atoms with Crippen LogP contribution in [0.5, 0.6) is 0 Å². The first kappa shape index (κ1) is 11.5. The molecule has 6 heteroatoms. The molecule has 1 fully saturated rings. The molecule has 2 rings (SSSR count). The molecule has 0 unspecified atom stereocenters. The standard InChI is InChI=1S/C11H13N3O3/c1-14(7-3-2-4-7)10(15)8-5-13-9(6-12-8)11(16)17/h5-7H,2-4H2,1H3,(H,16,17). The molecule has 1 N–H and O–H groups in total. The third-order valence-electron chi connectivity index (χ3n) is 3.03. The van der Waals surface area contributed by atoms with Gasteiger partial charge in [0.1, 0.15) is 5.69 Å². The van der Waals surface area contributed by atoms with E-state index in [0.717, 1.165) is 25.5 Å². The summed E-state index contributed by atoms with van der Waals surface area (Å²) in [5, 5.41) is 8.66. The number of rotatable bonds is 3. The highest BCUT2D eigenvalue weighted by molar-refractivity contribution is 5.92. The molecule has 6 nitrogen and oxygen atoms in total. The maximum Gasteiger partial charge on any atom is 0.356 e. The average molecular weight is 235 g/mol. The normalized spacial score (nSPS) is 15.1. The van der Waals surface area contributed by atoms with Crippen LogP contribution in [0.4, 0.5) is 0 Å². The minimum atomic E-state index is -1.15. The highest BCUT2D eigenvalue weighted by Crippen LogP contribution is 2.24. The highest BCUT2D eigenvalue weighted by atomic mass is 16.4. The van der Waals surface area contributed by atoms with Crippen molar-refractivity contribution in [3.8, 4) is 0 Å². The molecule has 1 saturated carbocycles. The van der Waals surface area contributed by atoms with Gasteiger partial charge < -0.3 is 10.0 Å². The van der Waals surface area contributed by atoms with Gasteiger partial charge in [-0.1, -0.05) is 0 Å². The lowest BCUT2D eigenvalue weighted by Crippen LogP contribution is -2.41. The fraction of sp³-hybridized carbons (Fsp3) is 0.455. The van der Waals surface area contributed by atoms with Crippen molar-refractivity contribution in [1.29, 1.82) is 0 Å². The van der Waals surface area contributed by atoms with Gasteiger partial charge in [0.05, 0.1) is 12.4 Å². The van der Waals surface area contributed by atoms with E-state index in [-0.39, 0.29) is 23.3 Å². The summed E-state index contributed by atoms with van der Waals surface area (Å²) in [6, 6.07) is 0.281. The second kappa shape index (κ2) is 4.48. The van der Waals surface area contributed by atoms with Gasteiger partial charge in [0.2, 0.25) is 0 Å². The zero-order valence-corrected chi connectivity index (χ0v) is 9.46. The van der Waals surface area contributed by atoms with Gasteiger partial charge in [-0.15, -0.1) is 0 Å². The fourth-order valence-electron chi connectivity index (χ4n) is 1.67. The molecular formula is C11H13N3O3. The molecule has 1 aliphatic rings. The largest absolute Gasteiger partial charge is 0.476 e. The van der Waals surface area contributed by atoms with Gasteiger partial charge in [0.15, 0.2) is 5.69 Å². The van der Waals surface area contributed by atoms with Crippen LogP contribution < -0.4 is 0 Å². The van der Waals surface area contributed by atoms with Crippen LogP contribution >= 0.6 is 0 Å². The van der Waals surface area contributed by atoms with Crippen molar-refractivity contribution in [2.75, 3.05) is 7.05 Å². The summed E-state index contributed by atoms with van der Waals surface area (Å²) in [6.45, 7) is 0. The maximum atomic E-state index is 11.9. The molecule has 0 aromatic carbocycles. The molecule has 1 aliphatic carbocycles. The van der Waals surface area contributed by atoms with Crippen LogP contribution in [0.1, 0.15) is 40.2 Å². The molecular weight excluding hydrogens is 222 g/mol. The van der Waals surface area contributed by atoms with E-state index in [2.05, 4.69) is 9.97 Å². The number of carbonyl (C=O) groups is 2. The Balaban J connectivity index is 2.10. The van der Waals surface area contributed by atoms with E-state index in [4.69, 9.17) is 5.11 Å². The van der Waals surface area contributed by atoms with Gasteiger partial charge in [0, 0.05) is 13.1 Å². The molecule has 0 saturated heterocycles. The maximum absolute atomic E-state index is 11.9. The number of hydrogen-bond donors (Lipinski definition) is 1. The van der Waals surface area contributed by atoms with E-state index in [0.29, 0.717) is 0 Å². The summed E-state index contributed by atoms with van der Waals surface area (Å²) >= 11 is 0. The predicted molar refractivity (Wildman–Crippen MR) is 58.7 cm³/mol. The van der Waals surface area contributed by atoms with Crippen LogP contribution in [0.15, 0.2) is 12.4 Å². The minimum Gasteiger partial charge on any atom is -0.476 e. The Bertz CT molecular complexity index is 440. The van der Waals surface area contributed by atoms with Crippen molar-refractivity contribution in [3.05, 3.63) is 23.8 Å². The number of aromatic nitrogens is 2. The lowest BCUT2D eigenvalue weighted by Gasteiger charge is -2.34. The van der Waals surface area contributed by atoms with Gasteiger partial charge >= 0.3 is 5.97 Å². The first-order valence-corrected chi connectivity index (χ1v) is 5.42. The van der Waals surface area contributed by atoms with Crippen LogP contribution in [0, 0.1) is 0 Å². The van der Waals surface area contributed by atoms with Crippen molar-refractivity contribution in [2.45, 2.75) is 25.3 Å². The number of nitrogens with zero attached hydrogens (tertiary/aromatic N) is 3. The van der Waals surface area contributed by atoms with Crippen molar-refractivity contribution < 1.29 is 14.7 Å². The zero-order chi connectivity index (χ0) is 12.4. The molecule has 0 spiro atoms. The predicted octanol–water partition coefficient (Wildman–Crippen LogP) is 0.799. The van der Waals surface area contributed by atoms with E-state index in [1.165, 1.54) is 6.20 Å². The third kappa shape index (κ3) is 2.25. The number of carboxylic acids is 1. The van der Waals surface area contributed by atoms with Gasteiger partial charge in [-0.3, -0.25) is 4.79 Å². The van der Waals surface area contributed by atoms with E-state index in [1.807, 2.05) is 0 Å². The molecule has 0 atom stereocenters. The van der Waals surface area contributed by atoms with Gasteiger partial charge in [-0.25, -0.2) is 14.8 Å². The Morgan fingerprint density at radius 3 is 2.29 bits per heavy atom. The topological polar surface area (TPSA) is 83.4 Å².